The fourth-order valence-electron chi connectivity index (χ4n) is 1.62. The number of carbonyl (C=O) groups is 2. The first kappa shape index (κ1) is 16.0. The fourth-order valence-corrected chi connectivity index (χ4v) is 3.09. The largest absolute Gasteiger partial charge is 0.493 e. The average Bonchev–Trinajstić information content (AvgIpc) is 2.70. The molecule has 1 heterocycles. The molecule has 1 amide bonds. The summed E-state index contributed by atoms with van der Waals surface area (Å²) in [4.78, 5) is 23.2. The summed E-state index contributed by atoms with van der Waals surface area (Å²) in [6.45, 7) is 1.31. The topological polar surface area (TPSA) is 64.6 Å². The highest BCUT2D eigenvalue weighted by Gasteiger charge is 2.22. The van der Waals surface area contributed by atoms with Gasteiger partial charge in [0, 0.05) is 11.4 Å². The molecular formula is C13H10BrNO4S2. The molecular weight excluding hydrogens is 378 g/mol. The highest BCUT2D eigenvalue weighted by atomic mass is 79.9. The minimum atomic E-state index is -0.442. The Bertz CT molecular complexity index is 672. The molecule has 0 aliphatic carbocycles. The number of carbonyl (C=O) groups excluding carboxylic acids is 2. The van der Waals surface area contributed by atoms with E-state index in [4.69, 9.17) is 21.7 Å². The number of hydrogen-bond acceptors (Lipinski definition) is 6. The van der Waals surface area contributed by atoms with Gasteiger partial charge in [0.05, 0.1) is 12.0 Å². The molecule has 110 valence electrons. The van der Waals surface area contributed by atoms with Crippen LogP contribution in [-0.2, 0) is 9.59 Å². The molecule has 0 spiro atoms. The first-order valence-corrected chi connectivity index (χ1v) is 7.73. The first-order valence-electron chi connectivity index (χ1n) is 5.71. The molecule has 0 unspecified atom stereocenters. The number of ether oxygens (including phenoxy) is 2. The lowest BCUT2D eigenvalue weighted by Gasteiger charge is -2.10. The van der Waals surface area contributed by atoms with Gasteiger partial charge in [0.15, 0.2) is 11.5 Å². The number of rotatable bonds is 3. The Morgan fingerprint density at radius 3 is 2.67 bits per heavy atom. The summed E-state index contributed by atoms with van der Waals surface area (Å²) in [5.41, 5.74) is 0.713. The van der Waals surface area contributed by atoms with Crippen LogP contribution >= 0.6 is 39.9 Å². The van der Waals surface area contributed by atoms with Crippen molar-refractivity contribution in [1.29, 1.82) is 0 Å². The summed E-state index contributed by atoms with van der Waals surface area (Å²) in [6, 6.07) is 3.28. The maximum Gasteiger partial charge on any atom is 0.308 e. The molecule has 2 rings (SSSR count). The zero-order valence-corrected chi connectivity index (χ0v) is 14.3. The Morgan fingerprint density at radius 2 is 2.14 bits per heavy atom. The van der Waals surface area contributed by atoms with Crippen molar-refractivity contribution in [3.05, 3.63) is 27.1 Å². The smallest absolute Gasteiger partial charge is 0.308 e. The number of amides is 1. The van der Waals surface area contributed by atoms with Crippen molar-refractivity contribution in [2.75, 3.05) is 7.11 Å². The monoisotopic (exact) mass is 387 g/mol. The molecule has 1 aromatic rings. The van der Waals surface area contributed by atoms with Crippen molar-refractivity contribution < 1.29 is 19.1 Å². The number of nitrogens with one attached hydrogen (secondary N) is 1. The number of hydrogen-bond donors (Lipinski definition) is 1. The number of benzene rings is 1. The third-order valence-corrected chi connectivity index (χ3v) is 4.31. The van der Waals surface area contributed by atoms with Gasteiger partial charge in [-0.25, -0.2) is 0 Å². The van der Waals surface area contributed by atoms with E-state index < -0.39 is 5.97 Å². The van der Waals surface area contributed by atoms with Gasteiger partial charge in [-0.3, -0.25) is 9.59 Å². The van der Waals surface area contributed by atoms with E-state index in [-0.39, 0.29) is 5.91 Å². The van der Waals surface area contributed by atoms with Gasteiger partial charge < -0.3 is 14.8 Å². The molecule has 0 saturated carbocycles. The molecule has 0 atom stereocenters. The SMILES string of the molecule is COc1cc(C=C2SC(=S)NC2=O)c(Br)cc1OC(C)=O. The lowest BCUT2D eigenvalue weighted by molar-refractivity contribution is -0.132. The van der Waals surface area contributed by atoms with Crippen LogP contribution in [0.1, 0.15) is 12.5 Å². The van der Waals surface area contributed by atoms with Crippen LogP contribution in [0.4, 0.5) is 0 Å². The van der Waals surface area contributed by atoms with Gasteiger partial charge in [-0.15, -0.1) is 0 Å². The summed E-state index contributed by atoms with van der Waals surface area (Å²) in [5.74, 6) is 0.0200. The molecule has 0 radical (unpaired) electrons. The highest BCUT2D eigenvalue weighted by molar-refractivity contribution is 9.10. The van der Waals surface area contributed by atoms with E-state index in [0.717, 1.165) is 0 Å². The Morgan fingerprint density at radius 1 is 1.43 bits per heavy atom. The summed E-state index contributed by atoms with van der Waals surface area (Å²) in [5, 5.41) is 2.54. The molecule has 0 bridgehead atoms. The van der Waals surface area contributed by atoms with E-state index >= 15 is 0 Å². The average molecular weight is 388 g/mol. The molecule has 1 aliphatic heterocycles. The van der Waals surface area contributed by atoms with Crippen LogP contribution < -0.4 is 14.8 Å². The van der Waals surface area contributed by atoms with Gasteiger partial charge in [-0.2, -0.15) is 0 Å². The van der Waals surface area contributed by atoms with Crippen LogP contribution in [0, 0.1) is 0 Å². The summed E-state index contributed by atoms with van der Waals surface area (Å²) < 4.78 is 11.3. The second-order valence-electron chi connectivity index (χ2n) is 3.97. The molecule has 1 saturated heterocycles. The van der Waals surface area contributed by atoms with Crippen LogP contribution in [0.5, 0.6) is 11.5 Å². The van der Waals surface area contributed by atoms with Crippen molar-refractivity contribution in [1.82, 2.24) is 5.32 Å². The van der Waals surface area contributed by atoms with Crippen LogP contribution in [-0.4, -0.2) is 23.3 Å². The fraction of sp³-hybridized carbons (Fsp3) is 0.154. The van der Waals surface area contributed by atoms with Crippen molar-refractivity contribution in [2.24, 2.45) is 0 Å². The normalized spacial score (nSPS) is 16.0. The van der Waals surface area contributed by atoms with Crippen molar-refractivity contribution in [3.8, 4) is 11.5 Å². The second-order valence-corrected chi connectivity index (χ2v) is 6.54. The van der Waals surface area contributed by atoms with Crippen LogP contribution in [0.2, 0.25) is 0 Å². The Hall–Kier alpha value is -1.38. The molecule has 1 aromatic carbocycles. The molecule has 1 aliphatic rings. The van der Waals surface area contributed by atoms with E-state index in [9.17, 15) is 9.59 Å². The minimum Gasteiger partial charge on any atom is -0.493 e. The Labute approximate surface area is 139 Å². The van der Waals surface area contributed by atoms with E-state index in [1.54, 1.807) is 18.2 Å². The van der Waals surface area contributed by atoms with Crippen LogP contribution in [0.15, 0.2) is 21.5 Å². The molecule has 21 heavy (non-hydrogen) atoms. The lowest BCUT2D eigenvalue weighted by atomic mass is 10.2. The molecule has 1 N–H and O–H groups in total. The lowest BCUT2D eigenvalue weighted by Crippen LogP contribution is -2.17. The number of thiocarbonyl (C=S) groups is 1. The molecule has 0 aromatic heterocycles. The van der Waals surface area contributed by atoms with E-state index in [1.165, 1.54) is 25.8 Å². The summed E-state index contributed by atoms with van der Waals surface area (Å²) >= 11 is 9.50. The van der Waals surface area contributed by atoms with Gasteiger partial charge in [-0.1, -0.05) is 39.9 Å². The van der Waals surface area contributed by atoms with Crippen LogP contribution in [0.3, 0.4) is 0 Å². The van der Waals surface area contributed by atoms with Gasteiger partial charge in [0.25, 0.3) is 5.91 Å². The zero-order chi connectivity index (χ0) is 15.6. The van der Waals surface area contributed by atoms with Gasteiger partial charge in [-0.05, 0) is 23.8 Å². The maximum atomic E-state index is 11.7. The number of esters is 1. The predicted molar refractivity (Wildman–Crippen MR) is 88.3 cm³/mol. The molecule has 5 nitrogen and oxygen atoms in total. The van der Waals surface area contributed by atoms with Crippen LogP contribution in [0.25, 0.3) is 6.08 Å². The first-order chi connectivity index (χ1) is 9.90. The van der Waals surface area contributed by atoms with Gasteiger partial charge in [0.2, 0.25) is 0 Å². The summed E-state index contributed by atoms with van der Waals surface area (Å²) in [6.07, 6.45) is 1.68. The molecule has 8 heteroatoms. The highest BCUT2D eigenvalue weighted by Crippen LogP contribution is 2.36. The van der Waals surface area contributed by atoms with Crippen molar-refractivity contribution in [3.63, 3.8) is 0 Å². The zero-order valence-electron chi connectivity index (χ0n) is 11.1. The Kier molecular flexibility index (Phi) is 5.02. The second kappa shape index (κ2) is 6.59. The Balaban J connectivity index is 2.41. The van der Waals surface area contributed by atoms with E-state index in [1.807, 2.05) is 0 Å². The predicted octanol–water partition coefficient (Wildman–Crippen LogP) is 2.87. The number of methoxy groups -OCH3 is 1. The van der Waals surface area contributed by atoms with E-state index in [2.05, 4.69) is 21.2 Å². The van der Waals surface area contributed by atoms with Crippen molar-refractivity contribution >= 4 is 62.2 Å². The van der Waals surface area contributed by atoms with Crippen molar-refractivity contribution in [2.45, 2.75) is 6.92 Å². The number of thioether (sulfide) groups is 1. The van der Waals surface area contributed by atoms with Gasteiger partial charge >= 0.3 is 5.97 Å². The van der Waals surface area contributed by atoms with E-state index in [0.29, 0.717) is 30.8 Å². The quantitative estimate of drug-likeness (QED) is 0.372. The minimum absolute atomic E-state index is 0.236. The third-order valence-electron chi connectivity index (χ3n) is 2.47. The molecule has 1 fully saturated rings. The standard InChI is InChI=1S/C13H10BrNO4S2/c1-6(16)19-10-5-8(14)7(3-9(10)18-2)4-11-12(17)15-13(20)21-11/h3-5H,1-2H3,(H,15,17,20). The van der Waals surface area contributed by atoms with Gasteiger partial charge in [0.1, 0.15) is 4.32 Å². The third kappa shape index (κ3) is 3.84. The number of halogens is 1. The summed E-state index contributed by atoms with van der Waals surface area (Å²) in [7, 11) is 1.47. The maximum absolute atomic E-state index is 11.7.